The Labute approximate surface area is 163 Å². The number of nitriles is 1. The molecule has 5 nitrogen and oxygen atoms in total. The number of aliphatic imine (C=N–C) groups is 1. The first-order valence-corrected chi connectivity index (χ1v) is 10.5. The average molecular weight is 476 g/mol. The van der Waals surface area contributed by atoms with Crippen LogP contribution in [0.3, 0.4) is 0 Å². The summed E-state index contributed by atoms with van der Waals surface area (Å²) in [4.78, 5) is 4.58. The lowest BCUT2D eigenvalue weighted by Crippen LogP contribution is -2.34. The number of amidine groups is 1. The van der Waals surface area contributed by atoms with Crippen LogP contribution in [0.1, 0.15) is 31.2 Å². The lowest BCUT2D eigenvalue weighted by molar-refractivity contribution is 0.116. The summed E-state index contributed by atoms with van der Waals surface area (Å²) in [6.45, 7) is 0.686. The first-order chi connectivity index (χ1) is 11.5. The predicted molar refractivity (Wildman–Crippen MR) is 106 cm³/mol. The number of aliphatic hydroxyl groups excluding tert-OH is 1. The van der Waals surface area contributed by atoms with E-state index in [1.54, 1.807) is 0 Å². The van der Waals surface area contributed by atoms with Gasteiger partial charge in [0.2, 0.25) is 0 Å². The smallest absolute Gasteiger partial charge is 0.183 e. The number of thioether (sulfide) groups is 1. The molecule has 0 aliphatic heterocycles. The molecule has 0 saturated heterocycles. The van der Waals surface area contributed by atoms with Gasteiger partial charge in [-0.05, 0) is 65.6 Å². The van der Waals surface area contributed by atoms with Gasteiger partial charge in [-0.25, -0.2) is 4.99 Å². The zero-order valence-corrected chi connectivity index (χ0v) is 17.3. The highest BCUT2D eigenvalue weighted by molar-refractivity contribution is 9.11. The number of hydrogen-bond acceptors (Lipinski definition) is 5. The minimum absolute atomic E-state index is 0.149. The van der Waals surface area contributed by atoms with Crippen molar-refractivity contribution in [3.8, 4) is 6.19 Å². The molecule has 0 atom stereocenters. The minimum Gasteiger partial charge on any atom is -0.393 e. The minimum atomic E-state index is -0.149. The van der Waals surface area contributed by atoms with E-state index in [1.807, 2.05) is 24.6 Å². The molecule has 1 aliphatic rings. The molecule has 8 heteroatoms. The van der Waals surface area contributed by atoms with Crippen LogP contribution >= 0.6 is 43.6 Å². The molecule has 1 fully saturated rings. The molecule has 0 radical (unpaired) electrons. The molecule has 3 N–H and O–H groups in total. The van der Waals surface area contributed by atoms with Gasteiger partial charge in [-0.3, -0.25) is 5.32 Å². The first-order valence-electron chi connectivity index (χ1n) is 7.70. The SMILES string of the molecule is CSC(=Nc1c(Br)cc(Br)cc1CNC1CCC(O)CC1)NC#N. The summed E-state index contributed by atoms with van der Waals surface area (Å²) in [6.07, 6.45) is 7.32. The van der Waals surface area contributed by atoms with E-state index in [4.69, 9.17) is 5.26 Å². The van der Waals surface area contributed by atoms with Gasteiger partial charge in [-0.15, -0.1) is 0 Å². The van der Waals surface area contributed by atoms with Crippen molar-refractivity contribution in [2.75, 3.05) is 6.26 Å². The largest absolute Gasteiger partial charge is 0.393 e. The Hall–Kier alpha value is -0.590. The third kappa shape index (κ3) is 5.74. The van der Waals surface area contributed by atoms with E-state index >= 15 is 0 Å². The second-order valence-electron chi connectivity index (χ2n) is 5.64. The molecular weight excluding hydrogens is 456 g/mol. The van der Waals surface area contributed by atoms with Crippen LogP contribution in [0.4, 0.5) is 5.69 Å². The fourth-order valence-electron chi connectivity index (χ4n) is 2.69. The maximum atomic E-state index is 9.61. The summed E-state index contributed by atoms with van der Waals surface area (Å²) in [5, 5.41) is 25.1. The van der Waals surface area contributed by atoms with Crippen molar-refractivity contribution in [1.29, 1.82) is 5.26 Å². The summed E-state index contributed by atoms with van der Waals surface area (Å²) in [5.41, 5.74) is 1.86. The number of rotatable bonds is 4. The molecule has 0 amide bonds. The van der Waals surface area contributed by atoms with Crippen LogP contribution in [0, 0.1) is 11.5 Å². The van der Waals surface area contributed by atoms with Gasteiger partial charge in [0.25, 0.3) is 0 Å². The number of nitrogens with zero attached hydrogens (tertiary/aromatic N) is 2. The zero-order valence-electron chi connectivity index (χ0n) is 13.4. The summed E-state index contributed by atoms with van der Waals surface area (Å²) >= 11 is 8.48. The van der Waals surface area contributed by atoms with Crippen molar-refractivity contribution >= 4 is 54.5 Å². The fourth-order valence-corrected chi connectivity index (χ4v) is 4.42. The molecule has 0 unspecified atom stereocenters. The Bertz CT molecular complexity index is 640. The van der Waals surface area contributed by atoms with Crippen molar-refractivity contribution in [3.63, 3.8) is 0 Å². The van der Waals surface area contributed by atoms with Crippen LogP contribution in [0.15, 0.2) is 26.1 Å². The number of aliphatic hydroxyl groups is 1. The maximum absolute atomic E-state index is 9.61. The lowest BCUT2D eigenvalue weighted by atomic mass is 9.93. The molecule has 0 aromatic heterocycles. The third-order valence-electron chi connectivity index (χ3n) is 3.95. The molecule has 0 bridgehead atoms. The van der Waals surface area contributed by atoms with Crippen molar-refractivity contribution < 1.29 is 5.11 Å². The highest BCUT2D eigenvalue weighted by Gasteiger charge is 2.19. The van der Waals surface area contributed by atoms with Gasteiger partial charge < -0.3 is 10.4 Å². The second-order valence-corrected chi connectivity index (χ2v) is 8.20. The molecule has 130 valence electrons. The Morgan fingerprint density at radius 1 is 1.38 bits per heavy atom. The van der Waals surface area contributed by atoms with E-state index < -0.39 is 0 Å². The number of halogens is 2. The Morgan fingerprint density at radius 2 is 2.08 bits per heavy atom. The van der Waals surface area contributed by atoms with Crippen LogP contribution in [0.2, 0.25) is 0 Å². The molecule has 24 heavy (non-hydrogen) atoms. The summed E-state index contributed by atoms with van der Waals surface area (Å²) < 4.78 is 1.85. The average Bonchev–Trinajstić information content (AvgIpc) is 2.56. The van der Waals surface area contributed by atoms with Crippen LogP contribution in [0.25, 0.3) is 0 Å². The molecule has 1 aliphatic carbocycles. The summed E-state index contributed by atoms with van der Waals surface area (Å²) in [7, 11) is 0. The van der Waals surface area contributed by atoms with Gasteiger partial charge in [0, 0.05) is 21.5 Å². The molecule has 1 aromatic rings. The van der Waals surface area contributed by atoms with Gasteiger partial charge in [0.05, 0.1) is 11.8 Å². The second kappa shape index (κ2) is 9.78. The van der Waals surface area contributed by atoms with Crippen molar-refractivity contribution in [3.05, 3.63) is 26.6 Å². The predicted octanol–water partition coefficient (Wildman–Crippen LogP) is 4.03. The van der Waals surface area contributed by atoms with E-state index in [2.05, 4.69) is 47.5 Å². The third-order valence-corrected chi connectivity index (χ3v) is 5.60. The number of nitrogens with one attached hydrogen (secondary N) is 2. The van der Waals surface area contributed by atoms with Crippen LogP contribution in [0.5, 0.6) is 0 Å². The van der Waals surface area contributed by atoms with Gasteiger partial charge in [-0.2, -0.15) is 5.26 Å². The van der Waals surface area contributed by atoms with Gasteiger partial charge in [0.15, 0.2) is 11.4 Å². The fraction of sp³-hybridized carbons (Fsp3) is 0.500. The van der Waals surface area contributed by atoms with E-state index in [0.717, 1.165) is 45.9 Å². The van der Waals surface area contributed by atoms with E-state index in [0.29, 0.717) is 17.8 Å². The molecule has 1 saturated carbocycles. The molecular formula is C16H20Br2N4OS. The number of hydrogen-bond donors (Lipinski definition) is 3. The molecule has 2 rings (SSSR count). The highest BCUT2D eigenvalue weighted by Crippen LogP contribution is 2.34. The molecule has 1 aromatic carbocycles. The number of benzene rings is 1. The quantitative estimate of drug-likeness (QED) is 0.265. The van der Waals surface area contributed by atoms with Crippen molar-refractivity contribution in [2.45, 2.75) is 44.4 Å². The van der Waals surface area contributed by atoms with Gasteiger partial charge in [-0.1, -0.05) is 27.7 Å². The summed E-state index contributed by atoms with van der Waals surface area (Å²) in [5.74, 6) is 0. The lowest BCUT2D eigenvalue weighted by Gasteiger charge is -2.26. The van der Waals surface area contributed by atoms with Crippen molar-refractivity contribution in [1.82, 2.24) is 10.6 Å². The van der Waals surface area contributed by atoms with Gasteiger partial charge in [0.1, 0.15) is 0 Å². The van der Waals surface area contributed by atoms with E-state index in [1.165, 1.54) is 11.8 Å². The molecule has 0 heterocycles. The van der Waals surface area contributed by atoms with E-state index in [9.17, 15) is 5.11 Å². The Morgan fingerprint density at radius 3 is 2.71 bits per heavy atom. The Balaban J connectivity index is 2.17. The summed E-state index contributed by atoms with van der Waals surface area (Å²) in [6, 6.07) is 4.41. The highest BCUT2D eigenvalue weighted by atomic mass is 79.9. The van der Waals surface area contributed by atoms with Crippen LogP contribution in [-0.4, -0.2) is 28.7 Å². The van der Waals surface area contributed by atoms with Crippen molar-refractivity contribution in [2.24, 2.45) is 4.99 Å². The standard InChI is InChI=1S/C16H20Br2N4OS/c1-24-16(21-9-19)22-15-10(6-11(17)7-14(15)18)8-20-12-2-4-13(23)5-3-12/h6-7,12-13,20,23H,2-5,8H2,1H3,(H,21,22). The maximum Gasteiger partial charge on any atom is 0.183 e. The Kier molecular flexibility index (Phi) is 8.04. The topological polar surface area (TPSA) is 80.4 Å². The van der Waals surface area contributed by atoms with Crippen LogP contribution < -0.4 is 10.6 Å². The molecule has 0 spiro atoms. The monoisotopic (exact) mass is 474 g/mol. The zero-order chi connectivity index (χ0) is 17.5. The van der Waals surface area contributed by atoms with E-state index in [-0.39, 0.29) is 6.10 Å². The first kappa shape index (κ1) is 19.7. The normalized spacial score (nSPS) is 21.4. The van der Waals surface area contributed by atoms with Gasteiger partial charge >= 0.3 is 0 Å². The van der Waals surface area contributed by atoms with Crippen LogP contribution in [-0.2, 0) is 6.54 Å².